The Kier molecular flexibility index (Phi) is 9.90. The lowest BCUT2D eigenvalue weighted by atomic mass is 9.97. The van der Waals surface area contributed by atoms with E-state index in [0.29, 0.717) is 29.5 Å². The van der Waals surface area contributed by atoms with Crippen molar-refractivity contribution in [2.75, 3.05) is 6.54 Å². The molecule has 4 N–H and O–H groups in total. The number of ether oxygens (including phenoxy) is 1. The molecule has 0 radical (unpaired) electrons. The molecule has 0 saturated heterocycles. The van der Waals surface area contributed by atoms with Gasteiger partial charge in [-0.2, -0.15) is 0 Å². The zero-order valence-corrected chi connectivity index (χ0v) is 22.1. The smallest absolute Gasteiger partial charge is 0.408 e. The number of aryl methyl sites for hydroxylation is 2. The van der Waals surface area contributed by atoms with Gasteiger partial charge in [-0.25, -0.2) is 4.79 Å². The van der Waals surface area contributed by atoms with Gasteiger partial charge in [-0.15, -0.1) is 0 Å². The molecule has 36 heavy (non-hydrogen) atoms. The maximum atomic E-state index is 13.8. The predicted molar refractivity (Wildman–Crippen MR) is 140 cm³/mol. The molecule has 2 atom stereocenters. The first-order chi connectivity index (χ1) is 16.8. The summed E-state index contributed by atoms with van der Waals surface area (Å²) in [6.07, 6.45) is 0.686. The first-order valence-corrected chi connectivity index (χ1v) is 12.2. The number of carbonyl (C=O) groups is 3. The SMILES string of the molecule is Cc1ccc(CC(NC(=O)OC(C)(C)C)C(=O)N(CCCc2ccccc2)[C@H](C)C(N)=O)c(C)c1O. The summed E-state index contributed by atoms with van der Waals surface area (Å²) in [5.74, 6) is -0.941. The summed E-state index contributed by atoms with van der Waals surface area (Å²) < 4.78 is 5.39. The molecule has 0 aromatic heterocycles. The number of rotatable bonds is 10. The molecule has 2 aromatic rings. The standard InChI is InChI=1S/C28H39N3O5/c1-18-14-15-22(19(2)24(18)32)17-23(30-27(35)36-28(4,5)6)26(34)31(20(3)25(29)33)16-10-13-21-11-8-7-9-12-21/h7-9,11-12,14-15,20,23,32H,10,13,16-17H2,1-6H3,(H2,29,33)(H,30,35)/t20-,23?/m1/s1. The molecular formula is C28H39N3O5. The van der Waals surface area contributed by atoms with Gasteiger partial charge in [-0.1, -0.05) is 42.5 Å². The van der Waals surface area contributed by atoms with E-state index >= 15 is 0 Å². The lowest BCUT2D eigenvalue weighted by molar-refractivity contribution is -0.140. The van der Waals surface area contributed by atoms with E-state index in [4.69, 9.17) is 10.5 Å². The highest BCUT2D eigenvalue weighted by Crippen LogP contribution is 2.26. The number of phenols is 1. The van der Waals surface area contributed by atoms with E-state index < -0.39 is 35.6 Å². The fourth-order valence-corrected chi connectivity index (χ4v) is 3.91. The highest BCUT2D eigenvalue weighted by molar-refractivity contribution is 5.91. The molecule has 0 bridgehead atoms. The van der Waals surface area contributed by atoms with Gasteiger partial charge in [0.25, 0.3) is 0 Å². The van der Waals surface area contributed by atoms with Gasteiger partial charge in [-0.3, -0.25) is 9.59 Å². The van der Waals surface area contributed by atoms with Crippen LogP contribution in [0.5, 0.6) is 5.75 Å². The Morgan fingerprint density at radius 1 is 1.08 bits per heavy atom. The van der Waals surface area contributed by atoms with Crippen LogP contribution < -0.4 is 11.1 Å². The van der Waals surface area contributed by atoms with Crippen molar-refractivity contribution in [1.82, 2.24) is 10.2 Å². The molecule has 0 saturated carbocycles. The van der Waals surface area contributed by atoms with E-state index in [1.165, 1.54) is 4.90 Å². The van der Waals surface area contributed by atoms with E-state index in [9.17, 15) is 19.5 Å². The van der Waals surface area contributed by atoms with Crippen molar-refractivity contribution in [3.8, 4) is 5.75 Å². The number of alkyl carbamates (subject to hydrolysis) is 1. The van der Waals surface area contributed by atoms with Crippen LogP contribution in [0.2, 0.25) is 0 Å². The van der Waals surface area contributed by atoms with Crippen molar-refractivity contribution < 1.29 is 24.2 Å². The summed E-state index contributed by atoms with van der Waals surface area (Å²) in [6, 6.07) is 11.5. The van der Waals surface area contributed by atoms with Crippen molar-refractivity contribution in [3.63, 3.8) is 0 Å². The third-order valence-corrected chi connectivity index (χ3v) is 6.03. The summed E-state index contributed by atoms with van der Waals surface area (Å²) >= 11 is 0. The quantitative estimate of drug-likeness (QED) is 0.461. The van der Waals surface area contributed by atoms with E-state index in [-0.39, 0.29) is 18.7 Å². The van der Waals surface area contributed by atoms with Crippen LogP contribution in [0, 0.1) is 13.8 Å². The number of amides is 3. The molecule has 2 aromatic carbocycles. The Bertz CT molecular complexity index is 1060. The van der Waals surface area contributed by atoms with Crippen LogP contribution >= 0.6 is 0 Å². The maximum Gasteiger partial charge on any atom is 0.408 e. The topological polar surface area (TPSA) is 122 Å². The Labute approximate surface area is 213 Å². The number of nitrogens with one attached hydrogen (secondary N) is 1. The maximum absolute atomic E-state index is 13.8. The summed E-state index contributed by atoms with van der Waals surface area (Å²) in [6.45, 7) is 10.6. The van der Waals surface area contributed by atoms with Crippen molar-refractivity contribution in [3.05, 3.63) is 64.7 Å². The summed E-state index contributed by atoms with van der Waals surface area (Å²) in [5, 5.41) is 13.1. The second-order valence-electron chi connectivity index (χ2n) is 10.1. The van der Waals surface area contributed by atoms with Gasteiger partial charge in [0.15, 0.2) is 0 Å². The molecule has 0 aliphatic carbocycles. The zero-order valence-electron chi connectivity index (χ0n) is 22.1. The number of nitrogens with zero attached hydrogens (tertiary/aromatic N) is 1. The summed E-state index contributed by atoms with van der Waals surface area (Å²) in [4.78, 5) is 39.9. The molecule has 0 aliphatic heterocycles. The van der Waals surface area contributed by atoms with Crippen molar-refractivity contribution in [2.45, 2.75) is 78.5 Å². The van der Waals surface area contributed by atoms with Crippen LogP contribution in [0.25, 0.3) is 0 Å². The minimum absolute atomic E-state index is 0.110. The number of primary amides is 1. The Balaban J connectivity index is 2.33. The van der Waals surface area contributed by atoms with Gasteiger partial charge in [-0.05, 0) is 76.6 Å². The number of benzene rings is 2. The largest absolute Gasteiger partial charge is 0.507 e. The van der Waals surface area contributed by atoms with E-state index in [2.05, 4.69) is 5.32 Å². The van der Waals surface area contributed by atoms with Crippen LogP contribution in [0.15, 0.2) is 42.5 Å². The number of nitrogens with two attached hydrogens (primary N) is 1. The average Bonchev–Trinajstić information content (AvgIpc) is 2.80. The van der Waals surface area contributed by atoms with Crippen molar-refractivity contribution in [2.24, 2.45) is 5.73 Å². The predicted octanol–water partition coefficient (Wildman–Crippen LogP) is 3.78. The highest BCUT2D eigenvalue weighted by atomic mass is 16.6. The second kappa shape index (κ2) is 12.4. The molecule has 196 valence electrons. The molecule has 8 nitrogen and oxygen atoms in total. The molecule has 3 amide bonds. The minimum atomic E-state index is -1.03. The van der Waals surface area contributed by atoms with Crippen LogP contribution in [-0.2, 0) is 27.2 Å². The molecule has 0 aliphatic rings. The van der Waals surface area contributed by atoms with Crippen molar-refractivity contribution >= 4 is 17.9 Å². The van der Waals surface area contributed by atoms with Gasteiger partial charge >= 0.3 is 6.09 Å². The van der Waals surface area contributed by atoms with Gasteiger partial charge < -0.3 is 25.8 Å². The zero-order chi connectivity index (χ0) is 27.0. The van der Waals surface area contributed by atoms with Crippen LogP contribution in [-0.4, -0.2) is 52.1 Å². The van der Waals surface area contributed by atoms with Crippen molar-refractivity contribution in [1.29, 1.82) is 0 Å². The fraction of sp³-hybridized carbons (Fsp3) is 0.464. The molecule has 1 unspecified atom stereocenters. The number of aromatic hydroxyl groups is 1. The third kappa shape index (κ3) is 8.29. The van der Waals surface area contributed by atoms with E-state index in [1.54, 1.807) is 47.6 Å². The Morgan fingerprint density at radius 3 is 2.31 bits per heavy atom. The molecule has 2 rings (SSSR count). The molecule has 0 spiro atoms. The lowest BCUT2D eigenvalue weighted by Gasteiger charge is -2.32. The number of hydrogen-bond donors (Lipinski definition) is 3. The van der Waals surface area contributed by atoms with Gasteiger partial charge in [0.1, 0.15) is 23.4 Å². The van der Waals surface area contributed by atoms with E-state index in [1.807, 2.05) is 36.4 Å². The third-order valence-electron chi connectivity index (χ3n) is 6.03. The Hall–Kier alpha value is -3.55. The number of phenolic OH excluding ortho intramolecular Hbond substituents is 1. The fourth-order valence-electron chi connectivity index (χ4n) is 3.91. The first kappa shape index (κ1) is 28.7. The van der Waals surface area contributed by atoms with Crippen LogP contribution in [0.3, 0.4) is 0 Å². The van der Waals surface area contributed by atoms with Gasteiger partial charge in [0, 0.05) is 13.0 Å². The molecular weight excluding hydrogens is 458 g/mol. The first-order valence-electron chi connectivity index (χ1n) is 12.2. The summed E-state index contributed by atoms with van der Waals surface area (Å²) in [7, 11) is 0. The van der Waals surface area contributed by atoms with Crippen LogP contribution in [0.1, 0.15) is 56.4 Å². The number of carbonyl (C=O) groups excluding carboxylic acids is 3. The monoisotopic (exact) mass is 497 g/mol. The summed E-state index contributed by atoms with van der Waals surface area (Å²) in [5.41, 5.74) is 7.97. The van der Waals surface area contributed by atoms with Gasteiger partial charge in [0.2, 0.25) is 11.8 Å². The van der Waals surface area contributed by atoms with Gasteiger partial charge in [0.05, 0.1) is 0 Å². The van der Waals surface area contributed by atoms with Crippen LogP contribution in [0.4, 0.5) is 4.79 Å². The molecule has 0 heterocycles. The minimum Gasteiger partial charge on any atom is -0.507 e. The second-order valence-corrected chi connectivity index (χ2v) is 10.1. The Morgan fingerprint density at radius 2 is 1.72 bits per heavy atom. The lowest BCUT2D eigenvalue weighted by Crippen LogP contribution is -2.55. The van der Waals surface area contributed by atoms with E-state index in [0.717, 1.165) is 5.56 Å². The molecule has 0 fully saturated rings. The number of hydrogen-bond acceptors (Lipinski definition) is 5. The normalized spacial score (nSPS) is 12.9. The average molecular weight is 498 g/mol. The highest BCUT2D eigenvalue weighted by Gasteiger charge is 2.32. The molecule has 8 heteroatoms.